The molecule has 0 aromatic heterocycles. The zero-order valence-electron chi connectivity index (χ0n) is 14.5. The van der Waals surface area contributed by atoms with Crippen LogP contribution in [0.4, 0.5) is 0 Å². The summed E-state index contributed by atoms with van der Waals surface area (Å²) < 4.78 is 5.83. The van der Waals surface area contributed by atoms with Crippen molar-refractivity contribution in [3.05, 3.63) is 0 Å². The lowest BCUT2D eigenvalue weighted by Gasteiger charge is -2.27. The van der Waals surface area contributed by atoms with Crippen LogP contribution in [0.5, 0.6) is 0 Å². The number of amides is 1. The Morgan fingerprint density at radius 2 is 1.86 bits per heavy atom. The van der Waals surface area contributed by atoms with Gasteiger partial charge < -0.3 is 15.8 Å². The van der Waals surface area contributed by atoms with E-state index in [0.717, 1.165) is 6.42 Å². The summed E-state index contributed by atoms with van der Waals surface area (Å²) in [7, 11) is 0. The minimum atomic E-state index is -0.313. The van der Waals surface area contributed by atoms with Crippen LogP contribution in [-0.4, -0.2) is 30.2 Å². The quantitative estimate of drug-likeness (QED) is 0.676. The van der Waals surface area contributed by atoms with Crippen LogP contribution in [0, 0.1) is 17.8 Å². The molecule has 4 heteroatoms. The van der Waals surface area contributed by atoms with Crippen molar-refractivity contribution >= 4 is 5.91 Å². The van der Waals surface area contributed by atoms with Crippen molar-refractivity contribution in [2.45, 2.75) is 71.9 Å². The third-order valence-corrected chi connectivity index (χ3v) is 2.96. The first kappa shape index (κ1) is 19.9. The van der Waals surface area contributed by atoms with Crippen LogP contribution < -0.4 is 11.1 Å². The van der Waals surface area contributed by atoms with Gasteiger partial charge in [0.1, 0.15) is 0 Å². The second-order valence-electron chi connectivity index (χ2n) is 7.10. The molecule has 122 valence electrons. The van der Waals surface area contributed by atoms with Gasteiger partial charge in [-0.3, -0.25) is 4.79 Å². The van der Waals surface area contributed by atoms with Crippen LogP contribution in [0.25, 0.3) is 0 Å². The molecule has 0 radical (unpaired) electrons. The molecule has 0 heterocycles. The van der Waals surface area contributed by atoms with Crippen molar-refractivity contribution in [3.8, 4) is 11.8 Å². The Balaban J connectivity index is 3.92. The summed E-state index contributed by atoms with van der Waals surface area (Å²) in [6, 6.07) is 0. The molecule has 0 spiro atoms. The van der Waals surface area contributed by atoms with E-state index >= 15 is 0 Å². The average Bonchev–Trinajstić information content (AvgIpc) is 2.30. The molecule has 0 unspecified atom stereocenters. The summed E-state index contributed by atoms with van der Waals surface area (Å²) in [5.41, 5.74) is 5.39. The van der Waals surface area contributed by atoms with Crippen molar-refractivity contribution in [3.63, 3.8) is 0 Å². The molecule has 4 nitrogen and oxygen atoms in total. The molecular formula is C17H32N2O2. The highest BCUT2D eigenvalue weighted by Gasteiger charge is 2.21. The molecule has 3 N–H and O–H groups in total. The number of rotatable bonds is 8. The van der Waals surface area contributed by atoms with E-state index in [2.05, 4.69) is 17.2 Å². The summed E-state index contributed by atoms with van der Waals surface area (Å²) in [6.45, 7) is 13.0. The van der Waals surface area contributed by atoms with Crippen LogP contribution >= 0.6 is 0 Å². The van der Waals surface area contributed by atoms with Gasteiger partial charge >= 0.3 is 0 Å². The van der Waals surface area contributed by atoms with Gasteiger partial charge in [-0.25, -0.2) is 0 Å². The number of ether oxygens (including phenoxy) is 1. The highest BCUT2D eigenvalue weighted by Crippen LogP contribution is 2.18. The summed E-state index contributed by atoms with van der Waals surface area (Å²) in [6.07, 6.45) is 1.93. The van der Waals surface area contributed by atoms with E-state index in [4.69, 9.17) is 10.5 Å². The molecular weight excluding hydrogens is 264 g/mol. The monoisotopic (exact) mass is 296 g/mol. The number of nitrogens with one attached hydrogen (secondary N) is 1. The number of carbonyl (C=O) groups excluding carboxylic acids is 1. The summed E-state index contributed by atoms with van der Waals surface area (Å²) >= 11 is 0. The Morgan fingerprint density at radius 1 is 1.24 bits per heavy atom. The molecule has 0 aromatic rings. The number of hydrogen-bond acceptors (Lipinski definition) is 3. The maximum atomic E-state index is 11.7. The maximum Gasteiger partial charge on any atom is 0.220 e. The Kier molecular flexibility index (Phi) is 8.61. The van der Waals surface area contributed by atoms with E-state index < -0.39 is 0 Å². The van der Waals surface area contributed by atoms with E-state index in [1.165, 1.54) is 0 Å². The van der Waals surface area contributed by atoms with Gasteiger partial charge in [-0.1, -0.05) is 25.7 Å². The standard InChI is InChI=1S/C17H32N2O2/c1-14(2)8-7-12-19-15(20)9-10-17(5,6)21-13-11-16(3,4)18/h14H,9-13,18H2,1-6H3,(H,19,20). The molecule has 0 aromatic carbocycles. The second-order valence-corrected chi connectivity index (χ2v) is 7.10. The molecule has 0 saturated heterocycles. The van der Waals surface area contributed by atoms with Crippen molar-refractivity contribution < 1.29 is 9.53 Å². The predicted molar refractivity (Wildman–Crippen MR) is 87.8 cm³/mol. The van der Waals surface area contributed by atoms with Crippen LogP contribution in [0.1, 0.15) is 60.8 Å². The summed E-state index contributed by atoms with van der Waals surface area (Å²) in [5, 5.41) is 2.80. The van der Waals surface area contributed by atoms with Crippen LogP contribution in [0.2, 0.25) is 0 Å². The van der Waals surface area contributed by atoms with Crippen LogP contribution in [0.3, 0.4) is 0 Å². The number of hydrogen-bond donors (Lipinski definition) is 2. The van der Waals surface area contributed by atoms with Crippen LogP contribution in [0.15, 0.2) is 0 Å². The van der Waals surface area contributed by atoms with Crippen LogP contribution in [-0.2, 0) is 9.53 Å². The fourth-order valence-corrected chi connectivity index (χ4v) is 1.56. The number of carbonyl (C=O) groups is 1. The molecule has 1 amide bonds. The largest absolute Gasteiger partial charge is 0.375 e. The van der Waals surface area contributed by atoms with Crippen molar-refractivity contribution in [1.29, 1.82) is 0 Å². The van der Waals surface area contributed by atoms with E-state index in [-0.39, 0.29) is 17.0 Å². The molecule has 0 atom stereocenters. The normalized spacial score (nSPS) is 12.0. The lowest BCUT2D eigenvalue weighted by atomic mass is 10.0. The molecule has 0 aliphatic carbocycles. The van der Waals surface area contributed by atoms with E-state index in [1.54, 1.807) is 0 Å². The fraction of sp³-hybridized carbons (Fsp3) is 0.824. The Hall–Kier alpha value is -1.05. The second kappa shape index (κ2) is 9.07. The Morgan fingerprint density at radius 3 is 2.38 bits per heavy atom. The first-order valence-corrected chi connectivity index (χ1v) is 7.70. The van der Waals surface area contributed by atoms with Crippen molar-refractivity contribution in [1.82, 2.24) is 5.32 Å². The SMILES string of the molecule is CC(C)C#CCNC(=O)CCC(C)(C)OCCC(C)(C)N. The van der Waals surface area contributed by atoms with Gasteiger partial charge in [0.2, 0.25) is 5.91 Å². The highest BCUT2D eigenvalue weighted by atomic mass is 16.5. The Bertz CT molecular complexity index is 370. The maximum absolute atomic E-state index is 11.7. The molecule has 0 saturated carbocycles. The summed E-state index contributed by atoms with van der Waals surface area (Å²) in [5.74, 6) is 6.30. The summed E-state index contributed by atoms with van der Waals surface area (Å²) in [4.78, 5) is 11.7. The predicted octanol–water partition coefficient (Wildman–Crippen LogP) is 2.46. The van der Waals surface area contributed by atoms with E-state index in [9.17, 15) is 4.79 Å². The van der Waals surface area contributed by atoms with Gasteiger partial charge in [0.05, 0.1) is 12.1 Å². The van der Waals surface area contributed by atoms with Gasteiger partial charge in [-0.15, -0.1) is 0 Å². The van der Waals surface area contributed by atoms with Gasteiger partial charge in [-0.2, -0.15) is 0 Å². The fourth-order valence-electron chi connectivity index (χ4n) is 1.56. The van der Waals surface area contributed by atoms with Gasteiger partial charge in [0.15, 0.2) is 0 Å². The van der Waals surface area contributed by atoms with Crippen molar-refractivity contribution in [2.24, 2.45) is 11.7 Å². The zero-order chi connectivity index (χ0) is 16.5. The third kappa shape index (κ3) is 13.7. The third-order valence-electron chi connectivity index (χ3n) is 2.96. The Labute approximate surface area is 130 Å². The van der Waals surface area contributed by atoms with E-state index in [1.807, 2.05) is 41.5 Å². The molecule has 0 bridgehead atoms. The first-order valence-electron chi connectivity index (χ1n) is 7.70. The number of nitrogens with two attached hydrogens (primary N) is 1. The van der Waals surface area contributed by atoms with E-state index in [0.29, 0.717) is 31.9 Å². The molecule has 0 rings (SSSR count). The molecule has 0 fully saturated rings. The van der Waals surface area contributed by atoms with Gasteiger partial charge in [0, 0.05) is 24.5 Å². The lowest BCUT2D eigenvalue weighted by Crippen LogP contribution is -2.36. The minimum absolute atomic E-state index is 0.0175. The zero-order valence-corrected chi connectivity index (χ0v) is 14.5. The van der Waals surface area contributed by atoms with Gasteiger partial charge in [-0.05, 0) is 40.5 Å². The molecule has 21 heavy (non-hydrogen) atoms. The topological polar surface area (TPSA) is 64.3 Å². The minimum Gasteiger partial charge on any atom is -0.375 e. The molecule has 0 aliphatic rings. The highest BCUT2D eigenvalue weighted by molar-refractivity contribution is 5.76. The van der Waals surface area contributed by atoms with Gasteiger partial charge in [0.25, 0.3) is 0 Å². The van der Waals surface area contributed by atoms with Crippen molar-refractivity contribution in [2.75, 3.05) is 13.2 Å². The molecule has 0 aliphatic heterocycles. The smallest absolute Gasteiger partial charge is 0.220 e. The first-order chi connectivity index (χ1) is 9.52. The average molecular weight is 296 g/mol. The lowest BCUT2D eigenvalue weighted by molar-refractivity contribution is -0.122.